The smallest absolute Gasteiger partial charge is 0.0704 e. The van der Waals surface area contributed by atoms with Crippen LogP contribution in [-0.4, -0.2) is 31.2 Å². The largest absolute Gasteiger partial charge is 0.380 e. The molecule has 0 aromatic carbocycles. The van der Waals surface area contributed by atoms with Gasteiger partial charge in [-0.05, 0) is 34.0 Å². The fourth-order valence-electron chi connectivity index (χ4n) is 2.57. The van der Waals surface area contributed by atoms with Crippen molar-refractivity contribution in [2.24, 2.45) is 5.41 Å². The van der Waals surface area contributed by atoms with Crippen molar-refractivity contribution in [1.82, 2.24) is 4.90 Å². The SMILES string of the molecule is CC1(CN2CCc3sc(Br)cc3C2)COC1. The van der Waals surface area contributed by atoms with E-state index in [4.69, 9.17) is 4.74 Å². The van der Waals surface area contributed by atoms with Crippen LogP contribution in [0.15, 0.2) is 9.85 Å². The van der Waals surface area contributed by atoms with Crippen LogP contribution in [0, 0.1) is 5.41 Å². The van der Waals surface area contributed by atoms with Gasteiger partial charge in [0.15, 0.2) is 0 Å². The van der Waals surface area contributed by atoms with Crippen LogP contribution in [0.2, 0.25) is 0 Å². The van der Waals surface area contributed by atoms with Gasteiger partial charge in [0.25, 0.3) is 0 Å². The Bertz CT molecular complexity index is 400. The van der Waals surface area contributed by atoms with Crippen molar-refractivity contribution in [3.8, 4) is 0 Å². The van der Waals surface area contributed by atoms with Crippen molar-refractivity contribution in [2.45, 2.75) is 19.9 Å². The first-order valence-electron chi connectivity index (χ1n) is 5.72. The molecule has 1 aromatic rings. The van der Waals surface area contributed by atoms with E-state index in [0.717, 1.165) is 19.8 Å². The Morgan fingerprint density at radius 3 is 3.06 bits per heavy atom. The molecule has 0 saturated carbocycles. The quantitative estimate of drug-likeness (QED) is 0.833. The second kappa shape index (κ2) is 4.09. The number of thiophene rings is 1. The summed E-state index contributed by atoms with van der Waals surface area (Å²) in [7, 11) is 0. The highest BCUT2D eigenvalue weighted by Crippen LogP contribution is 2.34. The molecule has 0 unspecified atom stereocenters. The number of ether oxygens (including phenoxy) is 1. The maximum absolute atomic E-state index is 5.32. The standard InChI is InChI=1S/C12H16BrNOS/c1-12(7-15-8-12)6-14-3-2-10-9(5-14)4-11(13)16-10/h4H,2-3,5-8H2,1H3. The first-order valence-corrected chi connectivity index (χ1v) is 7.33. The molecule has 2 nitrogen and oxygen atoms in total. The molecular weight excluding hydrogens is 286 g/mol. The number of hydrogen-bond donors (Lipinski definition) is 0. The van der Waals surface area contributed by atoms with Gasteiger partial charge in [0.05, 0.1) is 17.0 Å². The first kappa shape index (κ1) is 11.2. The zero-order valence-corrected chi connectivity index (χ0v) is 11.9. The van der Waals surface area contributed by atoms with Crippen molar-refractivity contribution < 1.29 is 4.74 Å². The molecular formula is C12H16BrNOS. The summed E-state index contributed by atoms with van der Waals surface area (Å²) in [5.74, 6) is 0. The lowest BCUT2D eigenvalue weighted by Gasteiger charge is -2.42. The average Bonchev–Trinajstić information content (AvgIpc) is 2.55. The van der Waals surface area contributed by atoms with Crippen molar-refractivity contribution >= 4 is 27.3 Å². The van der Waals surface area contributed by atoms with Gasteiger partial charge in [-0.15, -0.1) is 11.3 Å². The van der Waals surface area contributed by atoms with Crippen LogP contribution in [0.3, 0.4) is 0 Å². The summed E-state index contributed by atoms with van der Waals surface area (Å²) >= 11 is 5.47. The third kappa shape index (κ3) is 2.08. The molecule has 0 N–H and O–H groups in total. The number of hydrogen-bond acceptors (Lipinski definition) is 3. The van der Waals surface area contributed by atoms with Gasteiger partial charge in [-0.25, -0.2) is 0 Å². The lowest BCUT2D eigenvalue weighted by Crippen LogP contribution is -2.49. The number of halogens is 1. The highest BCUT2D eigenvalue weighted by atomic mass is 79.9. The highest BCUT2D eigenvalue weighted by molar-refractivity contribution is 9.11. The van der Waals surface area contributed by atoms with Crippen LogP contribution in [0.25, 0.3) is 0 Å². The summed E-state index contributed by atoms with van der Waals surface area (Å²) in [6.07, 6.45) is 1.21. The van der Waals surface area contributed by atoms with E-state index in [1.807, 2.05) is 11.3 Å². The van der Waals surface area contributed by atoms with Gasteiger partial charge in [0.1, 0.15) is 0 Å². The predicted octanol–water partition coefficient (Wildman–Crippen LogP) is 2.91. The molecule has 1 fully saturated rings. The van der Waals surface area contributed by atoms with Crippen LogP contribution in [-0.2, 0) is 17.7 Å². The predicted molar refractivity (Wildman–Crippen MR) is 69.9 cm³/mol. The van der Waals surface area contributed by atoms with E-state index in [0.29, 0.717) is 5.41 Å². The number of fused-ring (bicyclic) bond motifs is 1. The number of nitrogens with zero attached hydrogens (tertiary/aromatic N) is 1. The van der Waals surface area contributed by atoms with E-state index in [1.54, 1.807) is 4.88 Å². The minimum atomic E-state index is 0.407. The highest BCUT2D eigenvalue weighted by Gasteiger charge is 2.35. The summed E-state index contributed by atoms with van der Waals surface area (Å²) in [5.41, 5.74) is 1.93. The van der Waals surface area contributed by atoms with Gasteiger partial charge in [0, 0.05) is 29.9 Å². The molecule has 0 amide bonds. The van der Waals surface area contributed by atoms with Crippen LogP contribution >= 0.6 is 27.3 Å². The topological polar surface area (TPSA) is 12.5 Å². The summed E-state index contributed by atoms with van der Waals surface area (Å²) < 4.78 is 6.60. The zero-order valence-electron chi connectivity index (χ0n) is 9.46. The summed E-state index contributed by atoms with van der Waals surface area (Å²) in [6.45, 7) is 7.70. The molecule has 3 rings (SSSR count). The molecule has 2 aliphatic heterocycles. The second-order valence-electron chi connectivity index (χ2n) is 5.26. The zero-order chi connectivity index (χ0) is 11.2. The normalized spacial score (nSPS) is 23.9. The van der Waals surface area contributed by atoms with E-state index in [9.17, 15) is 0 Å². The summed E-state index contributed by atoms with van der Waals surface area (Å²) in [4.78, 5) is 4.14. The van der Waals surface area contributed by atoms with Gasteiger partial charge in [-0.1, -0.05) is 6.92 Å². The Kier molecular flexibility index (Phi) is 2.86. The lowest BCUT2D eigenvalue weighted by atomic mass is 9.87. The van der Waals surface area contributed by atoms with Crippen molar-refractivity contribution in [2.75, 3.05) is 26.3 Å². The Hall–Kier alpha value is 0.1000. The Morgan fingerprint density at radius 1 is 1.56 bits per heavy atom. The van der Waals surface area contributed by atoms with E-state index in [-0.39, 0.29) is 0 Å². The first-order chi connectivity index (χ1) is 7.65. The van der Waals surface area contributed by atoms with Crippen molar-refractivity contribution in [3.63, 3.8) is 0 Å². The molecule has 16 heavy (non-hydrogen) atoms. The van der Waals surface area contributed by atoms with Gasteiger partial charge in [0.2, 0.25) is 0 Å². The van der Waals surface area contributed by atoms with E-state index >= 15 is 0 Å². The van der Waals surface area contributed by atoms with E-state index in [1.165, 1.54) is 28.9 Å². The lowest BCUT2D eigenvalue weighted by molar-refractivity contribution is -0.116. The maximum atomic E-state index is 5.32. The molecule has 1 aromatic heterocycles. The van der Waals surface area contributed by atoms with Crippen LogP contribution < -0.4 is 0 Å². The number of rotatable bonds is 2. The van der Waals surface area contributed by atoms with Gasteiger partial charge < -0.3 is 4.74 Å². The van der Waals surface area contributed by atoms with Crippen LogP contribution in [0.1, 0.15) is 17.4 Å². The Morgan fingerprint density at radius 2 is 2.38 bits per heavy atom. The van der Waals surface area contributed by atoms with Gasteiger partial charge >= 0.3 is 0 Å². The van der Waals surface area contributed by atoms with Gasteiger partial charge in [-0.3, -0.25) is 4.90 Å². The van der Waals surface area contributed by atoms with Crippen molar-refractivity contribution in [3.05, 3.63) is 20.3 Å². The second-order valence-corrected chi connectivity index (χ2v) is 7.78. The fourth-order valence-corrected chi connectivity index (χ4v) is 4.32. The molecule has 0 atom stereocenters. The molecule has 0 radical (unpaired) electrons. The monoisotopic (exact) mass is 301 g/mol. The molecule has 88 valence electrons. The summed E-state index contributed by atoms with van der Waals surface area (Å²) in [5, 5.41) is 0. The molecule has 2 aliphatic rings. The van der Waals surface area contributed by atoms with Crippen LogP contribution in [0.4, 0.5) is 0 Å². The minimum Gasteiger partial charge on any atom is -0.380 e. The molecule has 1 saturated heterocycles. The maximum Gasteiger partial charge on any atom is 0.0704 e. The Labute approximate surface area is 109 Å². The third-order valence-corrected chi connectivity index (χ3v) is 5.16. The molecule has 3 heterocycles. The average molecular weight is 302 g/mol. The summed E-state index contributed by atoms with van der Waals surface area (Å²) in [6, 6.07) is 2.28. The van der Waals surface area contributed by atoms with E-state index < -0.39 is 0 Å². The van der Waals surface area contributed by atoms with Gasteiger partial charge in [-0.2, -0.15) is 0 Å². The van der Waals surface area contributed by atoms with Crippen LogP contribution in [0.5, 0.6) is 0 Å². The molecule has 0 spiro atoms. The molecule has 4 heteroatoms. The fraction of sp³-hybridized carbons (Fsp3) is 0.667. The molecule has 0 bridgehead atoms. The van der Waals surface area contributed by atoms with E-state index in [2.05, 4.69) is 33.8 Å². The third-order valence-electron chi connectivity index (χ3n) is 3.42. The van der Waals surface area contributed by atoms with Crippen molar-refractivity contribution in [1.29, 1.82) is 0 Å². The molecule has 0 aliphatic carbocycles. The minimum absolute atomic E-state index is 0.407. The Balaban J connectivity index is 1.68.